The van der Waals surface area contributed by atoms with Crippen molar-refractivity contribution in [3.63, 3.8) is 0 Å². The quantitative estimate of drug-likeness (QED) is 0.685. The zero-order chi connectivity index (χ0) is 12.1. The van der Waals surface area contributed by atoms with Gasteiger partial charge in [0.15, 0.2) is 0 Å². The molecule has 96 valence electrons. The van der Waals surface area contributed by atoms with Gasteiger partial charge in [0.05, 0.1) is 0 Å². The highest BCUT2D eigenvalue weighted by Gasteiger charge is 2.29. The third-order valence-corrected chi connectivity index (χ3v) is 4.26. The Morgan fingerprint density at radius 3 is 2.53 bits per heavy atom. The van der Waals surface area contributed by atoms with E-state index in [0.29, 0.717) is 11.9 Å². The number of carbonyl (C=O) groups excluding carboxylic acids is 1. The van der Waals surface area contributed by atoms with Gasteiger partial charge in [0.2, 0.25) is 5.91 Å². The van der Waals surface area contributed by atoms with Crippen LogP contribution in [0.4, 0.5) is 0 Å². The van der Waals surface area contributed by atoms with Crippen molar-refractivity contribution >= 4 is 5.91 Å². The van der Waals surface area contributed by atoms with Gasteiger partial charge in [-0.05, 0) is 39.0 Å². The monoisotopic (exact) mass is 235 g/mol. The van der Waals surface area contributed by atoms with Crippen LogP contribution in [0.3, 0.4) is 0 Å². The van der Waals surface area contributed by atoms with Gasteiger partial charge >= 0.3 is 0 Å². The highest BCUT2D eigenvalue weighted by atomic mass is 16.2. The summed E-state index contributed by atoms with van der Waals surface area (Å²) in [6.07, 6.45) is 13.9. The lowest BCUT2D eigenvalue weighted by atomic mass is 9.90. The van der Waals surface area contributed by atoms with Crippen molar-refractivity contribution in [1.29, 1.82) is 0 Å². The summed E-state index contributed by atoms with van der Waals surface area (Å²) in [5.41, 5.74) is 0. The fourth-order valence-electron chi connectivity index (χ4n) is 3.24. The van der Waals surface area contributed by atoms with E-state index in [1.165, 1.54) is 32.1 Å². The molecule has 0 spiro atoms. The highest BCUT2D eigenvalue weighted by molar-refractivity contribution is 5.79. The minimum absolute atomic E-state index is 0.266. The molecule has 0 aromatic carbocycles. The Morgan fingerprint density at radius 2 is 1.94 bits per heavy atom. The molecule has 0 aromatic rings. The first kappa shape index (κ1) is 12.7. The zero-order valence-electron chi connectivity index (χ0n) is 11.0. The van der Waals surface area contributed by atoms with E-state index in [1.54, 1.807) is 0 Å². The molecule has 1 atom stereocenters. The zero-order valence-corrected chi connectivity index (χ0v) is 11.0. The molecule has 0 heterocycles. The van der Waals surface area contributed by atoms with Crippen LogP contribution in [-0.2, 0) is 4.79 Å². The molecule has 2 rings (SSSR count). The molecule has 2 nitrogen and oxygen atoms in total. The second kappa shape index (κ2) is 6.23. The molecular formula is C15H25NO. The number of hydrogen-bond acceptors (Lipinski definition) is 1. The SMILES string of the molecule is CCN(C(=O)C1CC=CCC1)C1CCCCC1. The van der Waals surface area contributed by atoms with Crippen LogP contribution in [0, 0.1) is 5.92 Å². The van der Waals surface area contributed by atoms with Crippen LogP contribution in [0.15, 0.2) is 12.2 Å². The third-order valence-electron chi connectivity index (χ3n) is 4.26. The van der Waals surface area contributed by atoms with Crippen molar-refractivity contribution in [2.45, 2.75) is 64.3 Å². The number of rotatable bonds is 3. The fourth-order valence-corrected chi connectivity index (χ4v) is 3.24. The lowest BCUT2D eigenvalue weighted by Crippen LogP contribution is -2.44. The fraction of sp³-hybridized carbons (Fsp3) is 0.800. The highest BCUT2D eigenvalue weighted by Crippen LogP contribution is 2.27. The van der Waals surface area contributed by atoms with Gasteiger partial charge in [-0.25, -0.2) is 0 Å². The van der Waals surface area contributed by atoms with Gasteiger partial charge < -0.3 is 4.90 Å². The average Bonchev–Trinajstić information content (AvgIpc) is 2.42. The van der Waals surface area contributed by atoms with E-state index >= 15 is 0 Å². The molecule has 2 aliphatic carbocycles. The summed E-state index contributed by atoms with van der Waals surface area (Å²) in [4.78, 5) is 14.7. The molecule has 1 fully saturated rings. The van der Waals surface area contributed by atoms with Crippen LogP contribution >= 0.6 is 0 Å². The third kappa shape index (κ3) is 3.11. The van der Waals surface area contributed by atoms with Crippen molar-refractivity contribution in [3.8, 4) is 0 Å². The molecule has 1 amide bonds. The summed E-state index contributed by atoms with van der Waals surface area (Å²) in [6.45, 7) is 3.02. The lowest BCUT2D eigenvalue weighted by Gasteiger charge is -2.36. The van der Waals surface area contributed by atoms with E-state index in [-0.39, 0.29) is 5.92 Å². The van der Waals surface area contributed by atoms with Crippen molar-refractivity contribution < 1.29 is 4.79 Å². The first-order valence-electron chi connectivity index (χ1n) is 7.28. The van der Waals surface area contributed by atoms with Gasteiger partial charge in [0.1, 0.15) is 0 Å². The van der Waals surface area contributed by atoms with E-state index in [0.717, 1.165) is 25.8 Å². The number of allylic oxidation sites excluding steroid dienone is 2. The minimum Gasteiger partial charge on any atom is -0.340 e. The molecule has 0 bridgehead atoms. The molecule has 1 saturated carbocycles. The van der Waals surface area contributed by atoms with Gasteiger partial charge in [-0.1, -0.05) is 31.4 Å². The predicted molar refractivity (Wildman–Crippen MR) is 70.7 cm³/mol. The topological polar surface area (TPSA) is 20.3 Å². The van der Waals surface area contributed by atoms with E-state index in [2.05, 4.69) is 24.0 Å². The number of carbonyl (C=O) groups is 1. The van der Waals surface area contributed by atoms with Gasteiger partial charge in [0, 0.05) is 18.5 Å². The van der Waals surface area contributed by atoms with E-state index in [4.69, 9.17) is 0 Å². The molecule has 1 unspecified atom stereocenters. The largest absolute Gasteiger partial charge is 0.340 e. The molecule has 2 aliphatic rings. The number of amides is 1. The first-order valence-corrected chi connectivity index (χ1v) is 7.28. The Kier molecular flexibility index (Phi) is 4.64. The molecule has 0 aromatic heterocycles. The maximum atomic E-state index is 12.5. The average molecular weight is 235 g/mol. The molecule has 0 N–H and O–H groups in total. The number of hydrogen-bond donors (Lipinski definition) is 0. The molecular weight excluding hydrogens is 210 g/mol. The van der Waals surface area contributed by atoms with Crippen LogP contribution in [0.2, 0.25) is 0 Å². The summed E-state index contributed by atoms with van der Waals surface area (Å²) >= 11 is 0. The van der Waals surface area contributed by atoms with Crippen LogP contribution in [-0.4, -0.2) is 23.4 Å². The normalized spacial score (nSPS) is 25.8. The molecule has 17 heavy (non-hydrogen) atoms. The molecule has 0 aliphatic heterocycles. The van der Waals surface area contributed by atoms with Gasteiger partial charge in [-0.15, -0.1) is 0 Å². The molecule has 0 saturated heterocycles. The van der Waals surface area contributed by atoms with Crippen LogP contribution in [0.1, 0.15) is 58.3 Å². The van der Waals surface area contributed by atoms with Crippen molar-refractivity contribution in [2.75, 3.05) is 6.54 Å². The van der Waals surface area contributed by atoms with Crippen LogP contribution in [0.25, 0.3) is 0 Å². The van der Waals surface area contributed by atoms with Gasteiger partial charge in [-0.2, -0.15) is 0 Å². The van der Waals surface area contributed by atoms with Crippen LogP contribution < -0.4 is 0 Å². The number of nitrogens with zero attached hydrogens (tertiary/aromatic N) is 1. The van der Waals surface area contributed by atoms with E-state index in [9.17, 15) is 4.79 Å². The first-order chi connectivity index (χ1) is 8.33. The Balaban J connectivity index is 1.96. The standard InChI is InChI=1S/C15H25NO/c1-2-16(14-11-7-4-8-12-14)15(17)13-9-5-3-6-10-13/h3,5,13-14H,2,4,6-12H2,1H3. The summed E-state index contributed by atoms with van der Waals surface area (Å²) in [7, 11) is 0. The smallest absolute Gasteiger partial charge is 0.226 e. The Labute approximate surface area is 105 Å². The summed E-state index contributed by atoms with van der Waals surface area (Å²) in [5, 5.41) is 0. The minimum atomic E-state index is 0.266. The van der Waals surface area contributed by atoms with Crippen molar-refractivity contribution in [1.82, 2.24) is 4.90 Å². The maximum absolute atomic E-state index is 12.5. The molecule has 2 heteroatoms. The lowest BCUT2D eigenvalue weighted by molar-refractivity contribution is -0.138. The summed E-state index contributed by atoms with van der Waals surface area (Å²) in [5.74, 6) is 0.686. The van der Waals surface area contributed by atoms with Crippen molar-refractivity contribution in [2.24, 2.45) is 5.92 Å². The predicted octanol–water partition coefficient (Wildman–Crippen LogP) is 3.52. The Morgan fingerprint density at radius 1 is 1.18 bits per heavy atom. The van der Waals surface area contributed by atoms with Gasteiger partial charge in [-0.3, -0.25) is 4.79 Å². The van der Waals surface area contributed by atoms with Gasteiger partial charge in [0.25, 0.3) is 0 Å². The van der Waals surface area contributed by atoms with Crippen molar-refractivity contribution in [3.05, 3.63) is 12.2 Å². The van der Waals surface area contributed by atoms with Crippen LogP contribution in [0.5, 0.6) is 0 Å². The van der Waals surface area contributed by atoms with E-state index in [1.807, 2.05) is 0 Å². The maximum Gasteiger partial charge on any atom is 0.226 e. The van der Waals surface area contributed by atoms with E-state index < -0.39 is 0 Å². The summed E-state index contributed by atoms with van der Waals surface area (Å²) < 4.78 is 0. The summed E-state index contributed by atoms with van der Waals surface area (Å²) in [6, 6.07) is 0.534. The molecule has 0 radical (unpaired) electrons. The Hall–Kier alpha value is -0.790. The Bertz CT molecular complexity index is 279. The second-order valence-corrected chi connectivity index (χ2v) is 5.40. The second-order valence-electron chi connectivity index (χ2n) is 5.40.